The number of amides is 1. The predicted molar refractivity (Wildman–Crippen MR) is 113 cm³/mol. The average Bonchev–Trinajstić information content (AvgIpc) is 2.69. The van der Waals surface area contributed by atoms with Crippen molar-refractivity contribution in [2.75, 3.05) is 6.26 Å². The molecule has 0 saturated heterocycles. The van der Waals surface area contributed by atoms with E-state index in [1.807, 2.05) is 0 Å². The van der Waals surface area contributed by atoms with Gasteiger partial charge < -0.3 is 4.74 Å². The molecule has 1 aromatic heterocycles. The first kappa shape index (κ1) is 23.8. The molecule has 2 aromatic carbocycles. The number of sulfonamides is 1. The molecule has 0 aliphatic rings. The van der Waals surface area contributed by atoms with Gasteiger partial charge in [-0.1, -0.05) is 23.2 Å². The number of hydrogen-bond acceptors (Lipinski definition) is 5. The average molecular weight is 505 g/mol. The zero-order chi connectivity index (χ0) is 23.8. The van der Waals surface area contributed by atoms with Gasteiger partial charge in [-0.3, -0.25) is 4.79 Å². The van der Waals surface area contributed by atoms with Crippen molar-refractivity contribution in [1.82, 2.24) is 9.71 Å². The van der Waals surface area contributed by atoms with E-state index in [4.69, 9.17) is 27.9 Å². The fraction of sp³-hybridized carbons (Fsp3) is 0.100. The third-order valence-electron chi connectivity index (χ3n) is 4.16. The summed E-state index contributed by atoms with van der Waals surface area (Å²) in [5.41, 5.74) is 0.534. The Labute approximate surface area is 191 Å². The van der Waals surface area contributed by atoms with Gasteiger partial charge in [-0.05, 0) is 48.4 Å². The molecule has 168 valence electrons. The standard InChI is InChI=1S/C20H13Cl2F3N2O4S/c1-9-5-12(19(28)27-32(2,29)30)16(24)7-11(9)10-6-14(22)20(26-8-10)31-18-15(23)4-3-13(21)17(18)25/h3-8H,1-2H3,(H,27,28). The number of carbonyl (C=O) groups excluding carboxylic acids is 1. The molecule has 1 N–H and O–H groups in total. The number of aryl methyl sites for hydroxylation is 1. The molecule has 0 saturated carbocycles. The maximum Gasteiger partial charge on any atom is 0.267 e. The van der Waals surface area contributed by atoms with Crippen LogP contribution in [0, 0.1) is 24.4 Å². The molecule has 3 rings (SSSR count). The minimum Gasteiger partial charge on any atom is -0.431 e. The van der Waals surface area contributed by atoms with E-state index in [2.05, 4.69) is 4.98 Å². The van der Waals surface area contributed by atoms with Crippen LogP contribution in [-0.4, -0.2) is 25.6 Å². The second-order valence-electron chi connectivity index (χ2n) is 6.64. The monoisotopic (exact) mass is 504 g/mol. The summed E-state index contributed by atoms with van der Waals surface area (Å²) in [4.78, 5) is 15.9. The lowest BCUT2D eigenvalue weighted by Crippen LogP contribution is -2.30. The smallest absolute Gasteiger partial charge is 0.267 e. The fourth-order valence-corrected chi connectivity index (χ4v) is 3.54. The molecule has 0 radical (unpaired) electrons. The molecule has 1 amide bonds. The van der Waals surface area contributed by atoms with E-state index in [1.165, 1.54) is 18.3 Å². The first-order valence-electron chi connectivity index (χ1n) is 8.67. The lowest BCUT2D eigenvalue weighted by Gasteiger charge is -2.13. The number of benzene rings is 2. The van der Waals surface area contributed by atoms with Gasteiger partial charge in [-0.25, -0.2) is 31.3 Å². The second kappa shape index (κ2) is 8.97. The van der Waals surface area contributed by atoms with Gasteiger partial charge in [0, 0.05) is 11.8 Å². The normalized spacial score (nSPS) is 11.3. The third-order valence-corrected chi connectivity index (χ3v) is 5.27. The lowest BCUT2D eigenvalue weighted by molar-refractivity contribution is 0.0977. The quantitative estimate of drug-likeness (QED) is 0.478. The summed E-state index contributed by atoms with van der Waals surface area (Å²) in [5.74, 6) is -5.36. The Morgan fingerprint density at radius 3 is 2.38 bits per heavy atom. The van der Waals surface area contributed by atoms with Crippen molar-refractivity contribution in [3.8, 4) is 22.8 Å². The zero-order valence-electron chi connectivity index (χ0n) is 16.3. The van der Waals surface area contributed by atoms with Crippen molar-refractivity contribution >= 4 is 39.1 Å². The Kier molecular flexibility index (Phi) is 6.68. The van der Waals surface area contributed by atoms with Crippen LogP contribution in [-0.2, 0) is 10.0 Å². The molecule has 3 aromatic rings. The highest BCUT2D eigenvalue weighted by atomic mass is 35.5. The van der Waals surface area contributed by atoms with Crippen LogP contribution in [0.4, 0.5) is 13.2 Å². The van der Waals surface area contributed by atoms with Crippen LogP contribution >= 0.6 is 23.2 Å². The number of rotatable bonds is 5. The number of pyridine rings is 1. The van der Waals surface area contributed by atoms with Gasteiger partial charge in [-0.15, -0.1) is 0 Å². The first-order chi connectivity index (χ1) is 14.9. The number of nitrogens with zero attached hydrogens (tertiary/aromatic N) is 1. The van der Waals surface area contributed by atoms with Crippen LogP contribution < -0.4 is 9.46 Å². The molecule has 0 aliphatic carbocycles. The van der Waals surface area contributed by atoms with Crippen LogP contribution in [0.2, 0.25) is 10.0 Å². The number of ether oxygens (including phenoxy) is 1. The summed E-state index contributed by atoms with van der Waals surface area (Å²) >= 11 is 11.8. The van der Waals surface area contributed by atoms with Gasteiger partial charge in [0.2, 0.25) is 21.7 Å². The van der Waals surface area contributed by atoms with E-state index in [0.717, 1.165) is 24.5 Å². The van der Waals surface area contributed by atoms with Crippen molar-refractivity contribution in [3.63, 3.8) is 0 Å². The number of nitrogens with one attached hydrogen (secondary N) is 1. The molecule has 0 bridgehead atoms. The van der Waals surface area contributed by atoms with Crippen molar-refractivity contribution in [2.45, 2.75) is 6.92 Å². The van der Waals surface area contributed by atoms with E-state index in [-0.39, 0.29) is 15.9 Å². The maximum atomic E-state index is 14.5. The maximum absolute atomic E-state index is 14.5. The topological polar surface area (TPSA) is 85.4 Å². The third kappa shape index (κ3) is 5.14. The number of carbonyl (C=O) groups is 1. The molecular formula is C20H13Cl2F3N2O4S. The van der Waals surface area contributed by atoms with E-state index in [0.29, 0.717) is 16.7 Å². The van der Waals surface area contributed by atoms with Crippen LogP contribution in [0.5, 0.6) is 11.6 Å². The van der Waals surface area contributed by atoms with Gasteiger partial charge in [-0.2, -0.15) is 0 Å². The molecule has 1 heterocycles. The minimum absolute atomic E-state index is 0.139. The van der Waals surface area contributed by atoms with Crippen LogP contribution in [0.25, 0.3) is 11.1 Å². The lowest BCUT2D eigenvalue weighted by atomic mass is 9.99. The fourth-order valence-electron chi connectivity index (χ4n) is 2.74. The van der Waals surface area contributed by atoms with Crippen LogP contribution in [0.1, 0.15) is 15.9 Å². The van der Waals surface area contributed by atoms with Crippen molar-refractivity contribution in [1.29, 1.82) is 0 Å². The molecule has 0 aliphatic heterocycles. The highest BCUT2D eigenvalue weighted by molar-refractivity contribution is 7.89. The summed E-state index contributed by atoms with van der Waals surface area (Å²) in [5, 5.41) is -0.500. The molecule has 0 spiro atoms. The molecule has 12 heteroatoms. The second-order valence-corrected chi connectivity index (χ2v) is 9.20. The van der Waals surface area contributed by atoms with Gasteiger partial charge in [0.05, 0.1) is 16.8 Å². The summed E-state index contributed by atoms with van der Waals surface area (Å²) in [6, 6.07) is 5.43. The van der Waals surface area contributed by atoms with Gasteiger partial charge in [0.1, 0.15) is 10.8 Å². The van der Waals surface area contributed by atoms with Crippen molar-refractivity contribution < 1.29 is 31.1 Å². The van der Waals surface area contributed by atoms with E-state index in [9.17, 15) is 26.4 Å². The molecule has 6 nitrogen and oxygen atoms in total. The highest BCUT2D eigenvalue weighted by Crippen LogP contribution is 2.36. The summed E-state index contributed by atoms with van der Waals surface area (Å²) in [6.07, 6.45) is 1.99. The number of aromatic nitrogens is 1. The Morgan fingerprint density at radius 1 is 1.06 bits per heavy atom. The molecule has 0 fully saturated rings. The molecule has 0 atom stereocenters. The molecular weight excluding hydrogens is 492 g/mol. The SMILES string of the molecule is Cc1cc(C(=O)NS(C)(=O)=O)c(F)cc1-c1cnc(Oc2c(F)ccc(Cl)c2F)c(Cl)c1. The van der Waals surface area contributed by atoms with Gasteiger partial charge in [0.25, 0.3) is 5.91 Å². The largest absolute Gasteiger partial charge is 0.431 e. The number of halogens is 5. The summed E-state index contributed by atoms with van der Waals surface area (Å²) in [7, 11) is -3.88. The van der Waals surface area contributed by atoms with Gasteiger partial charge in [0.15, 0.2) is 11.6 Å². The summed E-state index contributed by atoms with van der Waals surface area (Å²) < 4.78 is 71.7. The summed E-state index contributed by atoms with van der Waals surface area (Å²) in [6.45, 7) is 1.56. The Hall–Kier alpha value is -2.82. The molecule has 0 unspecified atom stereocenters. The first-order valence-corrected chi connectivity index (χ1v) is 11.3. The van der Waals surface area contributed by atoms with E-state index in [1.54, 1.807) is 11.6 Å². The zero-order valence-corrected chi connectivity index (χ0v) is 18.7. The van der Waals surface area contributed by atoms with E-state index >= 15 is 0 Å². The van der Waals surface area contributed by atoms with Crippen LogP contribution in [0.3, 0.4) is 0 Å². The molecule has 32 heavy (non-hydrogen) atoms. The van der Waals surface area contributed by atoms with Crippen molar-refractivity contribution in [3.05, 3.63) is 75.2 Å². The van der Waals surface area contributed by atoms with E-state index < -0.39 is 44.7 Å². The van der Waals surface area contributed by atoms with Gasteiger partial charge >= 0.3 is 0 Å². The Bertz CT molecular complexity index is 1350. The number of hydrogen-bond donors (Lipinski definition) is 1. The van der Waals surface area contributed by atoms with Crippen molar-refractivity contribution in [2.24, 2.45) is 0 Å². The Balaban J connectivity index is 1.95. The van der Waals surface area contributed by atoms with Crippen LogP contribution in [0.15, 0.2) is 36.5 Å². The predicted octanol–water partition coefficient (Wildman–Crippen LogP) is 5.26. The Morgan fingerprint density at radius 2 is 1.75 bits per heavy atom. The highest BCUT2D eigenvalue weighted by Gasteiger charge is 2.20. The minimum atomic E-state index is -3.88.